The van der Waals surface area contributed by atoms with Crippen molar-refractivity contribution >= 4 is 46.3 Å². The number of amides is 3. The van der Waals surface area contributed by atoms with Gasteiger partial charge in [-0.15, -0.1) is 0 Å². The van der Waals surface area contributed by atoms with E-state index in [1.807, 2.05) is 4.90 Å². The van der Waals surface area contributed by atoms with Gasteiger partial charge in [0.1, 0.15) is 5.70 Å². The minimum absolute atomic E-state index is 0.174. The lowest BCUT2D eigenvalue weighted by atomic mass is 9.97. The first-order valence-electron chi connectivity index (χ1n) is 10.4. The highest BCUT2D eigenvalue weighted by molar-refractivity contribution is 6.47. The molecule has 7 heteroatoms. The third-order valence-electron chi connectivity index (χ3n) is 5.75. The molecular formula is C24H24ClN3O3. The molecule has 2 aromatic rings. The standard InChI is InChI=1S/C24H24ClN3O3/c1-15-11-13-27(14-12-15)22-21(17-7-9-18(10-8-17)26-16(2)29)23(30)28(24(22)31)20-6-4-3-5-19(20)25/h3-10,15H,11-14H2,1-2H3,(H,26,29). The van der Waals surface area contributed by atoms with Crippen molar-refractivity contribution < 1.29 is 14.4 Å². The van der Waals surface area contributed by atoms with E-state index in [0.29, 0.717) is 39.1 Å². The Morgan fingerprint density at radius 2 is 1.65 bits per heavy atom. The number of imide groups is 1. The summed E-state index contributed by atoms with van der Waals surface area (Å²) in [6.45, 7) is 5.08. The molecule has 0 bridgehead atoms. The maximum absolute atomic E-state index is 13.5. The summed E-state index contributed by atoms with van der Waals surface area (Å²) in [6.07, 6.45) is 1.93. The quantitative estimate of drug-likeness (QED) is 0.723. The molecular weight excluding hydrogens is 414 g/mol. The van der Waals surface area contributed by atoms with Crippen LogP contribution in [0.25, 0.3) is 5.57 Å². The highest BCUT2D eigenvalue weighted by Crippen LogP contribution is 2.38. The van der Waals surface area contributed by atoms with E-state index in [4.69, 9.17) is 11.6 Å². The molecule has 0 saturated carbocycles. The number of likely N-dealkylation sites (tertiary alicyclic amines) is 1. The smallest absolute Gasteiger partial charge is 0.282 e. The molecule has 0 aliphatic carbocycles. The van der Waals surface area contributed by atoms with Gasteiger partial charge in [-0.2, -0.15) is 0 Å². The highest BCUT2D eigenvalue weighted by atomic mass is 35.5. The van der Waals surface area contributed by atoms with E-state index in [-0.39, 0.29) is 17.7 Å². The van der Waals surface area contributed by atoms with Crippen LogP contribution in [0.1, 0.15) is 32.3 Å². The molecule has 2 aliphatic heterocycles. The molecule has 0 atom stereocenters. The first-order chi connectivity index (χ1) is 14.9. The summed E-state index contributed by atoms with van der Waals surface area (Å²) in [5, 5.41) is 3.06. The molecule has 6 nitrogen and oxygen atoms in total. The maximum atomic E-state index is 13.5. The van der Waals surface area contributed by atoms with Gasteiger partial charge in [-0.1, -0.05) is 42.8 Å². The van der Waals surface area contributed by atoms with Crippen LogP contribution in [0.3, 0.4) is 0 Å². The number of hydrogen-bond acceptors (Lipinski definition) is 4. The Bertz CT molecular complexity index is 1070. The number of carbonyl (C=O) groups excluding carboxylic acids is 3. The van der Waals surface area contributed by atoms with Crippen molar-refractivity contribution in [1.82, 2.24) is 4.90 Å². The molecule has 0 radical (unpaired) electrons. The highest BCUT2D eigenvalue weighted by Gasteiger charge is 2.43. The third kappa shape index (κ3) is 4.08. The number of halogens is 1. The Kier molecular flexibility index (Phi) is 5.83. The van der Waals surface area contributed by atoms with E-state index >= 15 is 0 Å². The van der Waals surface area contributed by atoms with Gasteiger partial charge in [0.2, 0.25) is 5.91 Å². The maximum Gasteiger partial charge on any atom is 0.282 e. The SMILES string of the molecule is CC(=O)Nc1ccc(C2=C(N3CCC(C)CC3)C(=O)N(c3ccccc3Cl)C2=O)cc1. The second kappa shape index (κ2) is 8.55. The van der Waals surface area contributed by atoms with E-state index in [0.717, 1.165) is 25.9 Å². The van der Waals surface area contributed by atoms with Crippen molar-refractivity contribution in [1.29, 1.82) is 0 Å². The van der Waals surface area contributed by atoms with E-state index in [9.17, 15) is 14.4 Å². The zero-order valence-electron chi connectivity index (χ0n) is 17.5. The molecule has 1 saturated heterocycles. The Morgan fingerprint density at radius 3 is 2.26 bits per heavy atom. The fourth-order valence-corrected chi connectivity index (χ4v) is 4.30. The summed E-state index contributed by atoms with van der Waals surface area (Å²) in [5.41, 5.74) is 2.44. The van der Waals surface area contributed by atoms with Crippen LogP contribution in [0.5, 0.6) is 0 Å². The van der Waals surface area contributed by atoms with Crippen molar-refractivity contribution in [3.8, 4) is 0 Å². The first-order valence-corrected chi connectivity index (χ1v) is 10.7. The molecule has 2 aromatic carbocycles. The van der Waals surface area contributed by atoms with Crippen LogP contribution >= 0.6 is 11.6 Å². The number of carbonyl (C=O) groups is 3. The van der Waals surface area contributed by atoms with E-state index < -0.39 is 0 Å². The van der Waals surface area contributed by atoms with Crippen LogP contribution in [0.15, 0.2) is 54.2 Å². The van der Waals surface area contributed by atoms with Gasteiger partial charge in [-0.25, -0.2) is 4.90 Å². The number of rotatable bonds is 4. The van der Waals surface area contributed by atoms with Gasteiger partial charge in [0.05, 0.1) is 16.3 Å². The van der Waals surface area contributed by atoms with Crippen LogP contribution < -0.4 is 10.2 Å². The second-order valence-corrected chi connectivity index (χ2v) is 8.46. The number of benzene rings is 2. The lowest BCUT2D eigenvalue weighted by Crippen LogP contribution is -2.38. The van der Waals surface area contributed by atoms with Gasteiger partial charge >= 0.3 is 0 Å². The number of nitrogens with one attached hydrogen (secondary N) is 1. The number of piperidine rings is 1. The number of para-hydroxylation sites is 1. The van der Waals surface area contributed by atoms with Crippen LogP contribution in [-0.2, 0) is 14.4 Å². The van der Waals surface area contributed by atoms with Gasteiger partial charge in [-0.05, 0) is 48.6 Å². The Morgan fingerprint density at radius 1 is 1.00 bits per heavy atom. The van der Waals surface area contributed by atoms with Gasteiger partial charge in [-0.3, -0.25) is 14.4 Å². The molecule has 0 unspecified atom stereocenters. The topological polar surface area (TPSA) is 69.7 Å². The van der Waals surface area contributed by atoms with Gasteiger partial charge in [0.15, 0.2) is 0 Å². The summed E-state index contributed by atoms with van der Waals surface area (Å²) < 4.78 is 0. The summed E-state index contributed by atoms with van der Waals surface area (Å²) in [5.74, 6) is -0.330. The number of anilines is 2. The predicted molar refractivity (Wildman–Crippen MR) is 122 cm³/mol. The first kappa shape index (κ1) is 21.1. The van der Waals surface area contributed by atoms with Crippen LogP contribution in [0.2, 0.25) is 5.02 Å². The van der Waals surface area contributed by atoms with Gasteiger partial charge in [0, 0.05) is 25.7 Å². The van der Waals surface area contributed by atoms with Crippen molar-refractivity contribution in [3.63, 3.8) is 0 Å². The Hall–Kier alpha value is -3.12. The molecule has 1 N–H and O–H groups in total. The summed E-state index contributed by atoms with van der Waals surface area (Å²) in [4.78, 5) is 41.6. The van der Waals surface area contributed by atoms with Gasteiger partial charge in [0.25, 0.3) is 11.8 Å². The van der Waals surface area contributed by atoms with Crippen LogP contribution in [0.4, 0.5) is 11.4 Å². The molecule has 2 aliphatic rings. The average Bonchev–Trinajstić information content (AvgIpc) is 2.99. The fraction of sp³-hybridized carbons (Fsp3) is 0.292. The summed E-state index contributed by atoms with van der Waals surface area (Å²) >= 11 is 6.33. The van der Waals surface area contributed by atoms with Crippen molar-refractivity contribution in [2.24, 2.45) is 5.92 Å². The normalized spacial score (nSPS) is 17.5. The fourth-order valence-electron chi connectivity index (χ4n) is 4.08. The molecule has 0 spiro atoms. The molecule has 4 rings (SSSR count). The minimum atomic E-state index is -0.390. The van der Waals surface area contributed by atoms with E-state index in [1.165, 1.54) is 11.8 Å². The third-order valence-corrected chi connectivity index (χ3v) is 6.07. The number of nitrogens with zero attached hydrogens (tertiary/aromatic N) is 2. The molecule has 0 aromatic heterocycles. The average molecular weight is 438 g/mol. The van der Waals surface area contributed by atoms with Crippen molar-refractivity contribution in [2.45, 2.75) is 26.7 Å². The molecule has 31 heavy (non-hydrogen) atoms. The lowest BCUT2D eigenvalue weighted by molar-refractivity contribution is -0.121. The Balaban J connectivity index is 1.78. The Labute approximate surface area is 186 Å². The number of hydrogen-bond donors (Lipinski definition) is 1. The predicted octanol–water partition coefficient (Wildman–Crippen LogP) is 4.31. The molecule has 160 valence electrons. The van der Waals surface area contributed by atoms with Crippen molar-refractivity contribution in [3.05, 3.63) is 64.8 Å². The van der Waals surface area contributed by atoms with E-state index in [1.54, 1.807) is 48.5 Å². The monoisotopic (exact) mass is 437 g/mol. The molecule has 3 amide bonds. The zero-order valence-corrected chi connectivity index (χ0v) is 18.3. The second-order valence-electron chi connectivity index (χ2n) is 8.05. The zero-order chi connectivity index (χ0) is 22.1. The molecule has 1 fully saturated rings. The summed E-state index contributed by atoms with van der Waals surface area (Å²) in [6, 6.07) is 13.8. The largest absolute Gasteiger partial charge is 0.366 e. The minimum Gasteiger partial charge on any atom is -0.366 e. The molecule has 2 heterocycles. The van der Waals surface area contributed by atoms with Crippen molar-refractivity contribution in [2.75, 3.05) is 23.3 Å². The van der Waals surface area contributed by atoms with E-state index in [2.05, 4.69) is 12.2 Å². The van der Waals surface area contributed by atoms with Crippen LogP contribution in [0, 0.1) is 5.92 Å². The van der Waals surface area contributed by atoms with Crippen LogP contribution in [-0.4, -0.2) is 35.7 Å². The van der Waals surface area contributed by atoms with Gasteiger partial charge < -0.3 is 10.2 Å². The lowest BCUT2D eigenvalue weighted by Gasteiger charge is -2.32. The summed E-state index contributed by atoms with van der Waals surface area (Å²) in [7, 11) is 0.